The van der Waals surface area contributed by atoms with E-state index in [4.69, 9.17) is 11.6 Å². The summed E-state index contributed by atoms with van der Waals surface area (Å²) in [4.78, 5) is 12.3. The van der Waals surface area contributed by atoms with E-state index in [0.29, 0.717) is 5.02 Å². The van der Waals surface area contributed by atoms with Crippen LogP contribution in [0.5, 0.6) is 0 Å². The van der Waals surface area contributed by atoms with Crippen LogP contribution >= 0.6 is 11.6 Å². The molecule has 1 aromatic heterocycles. The number of fused-ring (bicyclic) bond motifs is 1. The fourth-order valence-electron chi connectivity index (χ4n) is 2.14. The average molecular weight is 259 g/mol. The van der Waals surface area contributed by atoms with Gasteiger partial charge in [-0.3, -0.25) is 9.13 Å². The normalized spacial score (nSPS) is 11.0. The Bertz CT molecular complexity index is 772. The Morgan fingerprint density at radius 2 is 1.72 bits per heavy atom. The Morgan fingerprint density at radius 1 is 1.00 bits per heavy atom. The predicted octanol–water partition coefficient (Wildman–Crippen LogP) is 2.98. The second kappa shape index (κ2) is 4.03. The Labute approximate surface area is 109 Å². The maximum absolute atomic E-state index is 12.3. The van der Waals surface area contributed by atoms with Crippen LogP contribution in [0.4, 0.5) is 0 Å². The highest BCUT2D eigenvalue weighted by Crippen LogP contribution is 2.20. The van der Waals surface area contributed by atoms with Gasteiger partial charge in [-0.05, 0) is 30.3 Å². The van der Waals surface area contributed by atoms with E-state index >= 15 is 0 Å². The van der Waals surface area contributed by atoms with Crippen LogP contribution < -0.4 is 5.69 Å². The molecule has 3 aromatic rings. The molecule has 0 aliphatic rings. The van der Waals surface area contributed by atoms with E-state index < -0.39 is 0 Å². The Kier molecular flexibility index (Phi) is 2.49. The molecule has 1 heterocycles. The van der Waals surface area contributed by atoms with E-state index in [-0.39, 0.29) is 5.69 Å². The molecule has 0 radical (unpaired) electrons. The zero-order valence-corrected chi connectivity index (χ0v) is 10.6. The smallest absolute Gasteiger partial charge is 0.295 e. The summed E-state index contributed by atoms with van der Waals surface area (Å²) < 4.78 is 3.29. The molecule has 0 unspecified atom stereocenters. The monoisotopic (exact) mass is 258 g/mol. The number of hydrogen-bond donors (Lipinski definition) is 0. The Morgan fingerprint density at radius 3 is 2.44 bits per heavy atom. The molecule has 0 aliphatic heterocycles. The number of benzene rings is 2. The Balaban J connectivity index is 2.46. The van der Waals surface area contributed by atoms with Gasteiger partial charge in [0.05, 0.1) is 16.7 Å². The van der Waals surface area contributed by atoms with Gasteiger partial charge in [-0.2, -0.15) is 0 Å². The highest BCUT2D eigenvalue weighted by atomic mass is 35.5. The number of hydrogen-bond acceptors (Lipinski definition) is 1. The molecule has 3 nitrogen and oxygen atoms in total. The van der Waals surface area contributed by atoms with Crippen molar-refractivity contribution < 1.29 is 0 Å². The molecular weight excluding hydrogens is 248 g/mol. The van der Waals surface area contributed by atoms with Crippen molar-refractivity contribution in [3.05, 3.63) is 64.0 Å². The van der Waals surface area contributed by atoms with Crippen LogP contribution in [0, 0.1) is 0 Å². The third kappa shape index (κ3) is 1.56. The molecule has 18 heavy (non-hydrogen) atoms. The van der Waals surface area contributed by atoms with Crippen molar-refractivity contribution in [1.82, 2.24) is 9.13 Å². The number of para-hydroxylation sites is 1. The van der Waals surface area contributed by atoms with Crippen molar-refractivity contribution in [1.29, 1.82) is 0 Å². The number of imidazole rings is 1. The maximum Gasteiger partial charge on any atom is 0.333 e. The molecule has 90 valence electrons. The zero-order chi connectivity index (χ0) is 12.7. The van der Waals surface area contributed by atoms with Gasteiger partial charge in [0, 0.05) is 12.1 Å². The second-order valence-corrected chi connectivity index (χ2v) is 4.58. The lowest BCUT2D eigenvalue weighted by Gasteiger charge is -2.02. The van der Waals surface area contributed by atoms with Crippen molar-refractivity contribution >= 4 is 22.6 Å². The molecule has 0 spiro atoms. The summed E-state index contributed by atoms with van der Waals surface area (Å²) in [7, 11) is 1.76. The van der Waals surface area contributed by atoms with Crippen LogP contribution in [0.25, 0.3) is 16.7 Å². The summed E-state index contributed by atoms with van der Waals surface area (Å²) >= 11 is 6.02. The third-order valence-electron chi connectivity index (χ3n) is 3.03. The highest BCUT2D eigenvalue weighted by Gasteiger charge is 2.11. The number of nitrogens with zero attached hydrogens (tertiary/aromatic N) is 2. The van der Waals surface area contributed by atoms with Crippen LogP contribution in [-0.4, -0.2) is 9.13 Å². The lowest BCUT2D eigenvalue weighted by molar-refractivity contribution is 0.846. The maximum atomic E-state index is 12.3. The van der Waals surface area contributed by atoms with Gasteiger partial charge in [0.1, 0.15) is 0 Å². The number of aryl methyl sites for hydroxylation is 1. The van der Waals surface area contributed by atoms with Crippen LogP contribution in [0.15, 0.2) is 53.3 Å². The van der Waals surface area contributed by atoms with Gasteiger partial charge in [0.2, 0.25) is 0 Å². The van der Waals surface area contributed by atoms with E-state index in [2.05, 4.69) is 0 Å². The van der Waals surface area contributed by atoms with Crippen LogP contribution in [0.2, 0.25) is 5.02 Å². The SMILES string of the molecule is Cn1c(=O)n(-c2ccccc2)c2cc(Cl)ccc21. The average Bonchev–Trinajstić information content (AvgIpc) is 2.63. The summed E-state index contributed by atoms with van der Waals surface area (Å²) in [6, 6.07) is 15.0. The summed E-state index contributed by atoms with van der Waals surface area (Å²) in [5.74, 6) is 0. The van der Waals surface area contributed by atoms with Crippen molar-refractivity contribution in [2.45, 2.75) is 0 Å². The summed E-state index contributed by atoms with van der Waals surface area (Å²) in [5.41, 5.74) is 2.46. The fraction of sp³-hybridized carbons (Fsp3) is 0.0714. The van der Waals surface area contributed by atoms with Crippen LogP contribution in [-0.2, 0) is 7.05 Å². The van der Waals surface area contributed by atoms with Crippen molar-refractivity contribution in [2.75, 3.05) is 0 Å². The molecule has 3 rings (SSSR count). The largest absolute Gasteiger partial charge is 0.333 e. The molecule has 0 aliphatic carbocycles. The lowest BCUT2D eigenvalue weighted by Crippen LogP contribution is -2.20. The van der Waals surface area contributed by atoms with Crippen molar-refractivity contribution in [3.8, 4) is 5.69 Å². The van der Waals surface area contributed by atoms with Crippen LogP contribution in [0.3, 0.4) is 0 Å². The van der Waals surface area contributed by atoms with Gasteiger partial charge in [-0.15, -0.1) is 0 Å². The highest BCUT2D eigenvalue weighted by molar-refractivity contribution is 6.31. The van der Waals surface area contributed by atoms with Crippen molar-refractivity contribution in [2.24, 2.45) is 7.05 Å². The number of rotatable bonds is 1. The van der Waals surface area contributed by atoms with Gasteiger partial charge in [-0.25, -0.2) is 4.79 Å². The summed E-state index contributed by atoms with van der Waals surface area (Å²) in [6.07, 6.45) is 0. The molecular formula is C14H11ClN2O. The first-order valence-corrected chi connectivity index (χ1v) is 5.99. The standard InChI is InChI=1S/C14H11ClN2O/c1-16-12-8-7-10(15)9-13(12)17(14(16)18)11-5-3-2-4-6-11/h2-9H,1H3. The second-order valence-electron chi connectivity index (χ2n) is 4.15. The molecule has 0 bridgehead atoms. The number of aromatic nitrogens is 2. The minimum Gasteiger partial charge on any atom is -0.295 e. The number of halogens is 1. The van der Waals surface area contributed by atoms with Gasteiger partial charge in [0.25, 0.3) is 0 Å². The molecule has 0 N–H and O–H groups in total. The minimum atomic E-state index is -0.0709. The van der Waals surface area contributed by atoms with Gasteiger partial charge in [-0.1, -0.05) is 29.8 Å². The molecule has 0 atom stereocenters. The molecule has 0 fully saturated rings. The van der Waals surface area contributed by atoms with E-state index in [0.717, 1.165) is 16.7 Å². The molecule has 0 amide bonds. The zero-order valence-electron chi connectivity index (χ0n) is 9.80. The summed E-state index contributed by atoms with van der Waals surface area (Å²) in [5, 5.41) is 0.623. The lowest BCUT2D eigenvalue weighted by atomic mass is 10.3. The first-order valence-electron chi connectivity index (χ1n) is 5.61. The van der Waals surface area contributed by atoms with E-state index in [1.54, 1.807) is 22.2 Å². The van der Waals surface area contributed by atoms with E-state index in [9.17, 15) is 4.79 Å². The van der Waals surface area contributed by atoms with Gasteiger partial charge >= 0.3 is 5.69 Å². The minimum absolute atomic E-state index is 0.0709. The predicted molar refractivity (Wildman–Crippen MR) is 73.5 cm³/mol. The Hall–Kier alpha value is -2.00. The van der Waals surface area contributed by atoms with Crippen molar-refractivity contribution in [3.63, 3.8) is 0 Å². The molecule has 0 saturated heterocycles. The van der Waals surface area contributed by atoms with E-state index in [1.807, 2.05) is 42.5 Å². The molecule has 4 heteroatoms. The summed E-state index contributed by atoms with van der Waals surface area (Å²) in [6.45, 7) is 0. The van der Waals surface area contributed by atoms with Gasteiger partial charge < -0.3 is 0 Å². The first-order chi connectivity index (χ1) is 8.68. The molecule has 2 aromatic carbocycles. The van der Waals surface area contributed by atoms with Gasteiger partial charge in [0.15, 0.2) is 0 Å². The topological polar surface area (TPSA) is 26.9 Å². The third-order valence-corrected chi connectivity index (χ3v) is 3.27. The fourth-order valence-corrected chi connectivity index (χ4v) is 2.31. The molecule has 0 saturated carbocycles. The first kappa shape index (κ1) is 11.1. The van der Waals surface area contributed by atoms with Crippen LogP contribution in [0.1, 0.15) is 0 Å². The van der Waals surface area contributed by atoms with E-state index in [1.165, 1.54) is 0 Å². The quantitative estimate of drug-likeness (QED) is 0.659.